The fourth-order valence-electron chi connectivity index (χ4n) is 1.54. The summed E-state index contributed by atoms with van der Waals surface area (Å²) in [5.41, 5.74) is 3.70. The molecule has 1 aromatic carbocycles. The highest BCUT2D eigenvalue weighted by molar-refractivity contribution is 5.78. The van der Waals surface area contributed by atoms with Gasteiger partial charge in [0.1, 0.15) is 5.78 Å². The van der Waals surface area contributed by atoms with Crippen LogP contribution in [-0.2, 0) is 17.6 Å². The molecule has 0 aliphatic rings. The number of benzene rings is 1. The quantitative estimate of drug-likeness (QED) is 0.692. The normalized spacial score (nSPS) is 10.1. The predicted octanol–water partition coefficient (Wildman–Crippen LogP) is 2.69. The van der Waals surface area contributed by atoms with E-state index < -0.39 is 0 Å². The third kappa shape index (κ3) is 3.02. The van der Waals surface area contributed by atoms with Gasteiger partial charge in [0.15, 0.2) is 0 Å². The molecule has 0 bridgehead atoms. The maximum Gasteiger partial charge on any atom is 0.134 e. The molecule has 0 radical (unpaired) electrons. The van der Waals surface area contributed by atoms with E-state index >= 15 is 0 Å². The van der Waals surface area contributed by atoms with Gasteiger partial charge in [-0.3, -0.25) is 4.79 Å². The summed E-state index contributed by atoms with van der Waals surface area (Å²) < 4.78 is 0. The Hall–Kier alpha value is -1.11. The fourth-order valence-corrected chi connectivity index (χ4v) is 1.54. The monoisotopic (exact) mass is 176 g/mol. The van der Waals surface area contributed by atoms with E-state index in [2.05, 4.69) is 32.0 Å². The lowest BCUT2D eigenvalue weighted by atomic mass is 10.0. The van der Waals surface area contributed by atoms with Crippen LogP contribution in [0.3, 0.4) is 0 Å². The van der Waals surface area contributed by atoms with Crippen molar-refractivity contribution in [3.63, 3.8) is 0 Å². The average molecular weight is 176 g/mol. The van der Waals surface area contributed by atoms with Crippen molar-refractivity contribution in [3.8, 4) is 0 Å². The minimum atomic E-state index is 0.229. The first-order chi connectivity index (χ1) is 6.11. The molecule has 13 heavy (non-hydrogen) atoms. The number of Topliss-reactive ketones (excluding diaryl/α,β-unsaturated/α-hetero) is 1. The van der Waals surface area contributed by atoms with Crippen molar-refractivity contribution in [3.05, 3.63) is 34.9 Å². The van der Waals surface area contributed by atoms with Gasteiger partial charge in [0, 0.05) is 6.42 Å². The lowest BCUT2D eigenvalue weighted by Gasteiger charge is -2.04. The van der Waals surface area contributed by atoms with Gasteiger partial charge >= 0.3 is 0 Å². The number of ketones is 1. The van der Waals surface area contributed by atoms with Gasteiger partial charge in [-0.05, 0) is 31.4 Å². The van der Waals surface area contributed by atoms with Crippen LogP contribution >= 0.6 is 0 Å². The summed E-state index contributed by atoms with van der Waals surface area (Å²) in [5.74, 6) is 0.229. The van der Waals surface area contributed by atoms with E-state index in [-0.39, 0.29) is 5.78 Å². The number of carbonyl (C=O) groups excluding carboxylic acids is 1. The number of aryl methyl sites for hydroxylation is 2. The molecule has 0 spiro atoms. The van der Waals surface area contributed by atoms with Crippen molar-refractivity contribution in [2.45, 2.75) is 33.6 Å². The van der Waals surface area contributed by atoms with E-state index in [9.17, 15) is 4.79 Å². The number of hydrogen-bond donors (Lipinski definition) is 0. The van der Waals surface area contributed by atoms with Crippen LogP contribution < -0.4 is 0 Å². The van der Waals surface area contributed by atoms with Crippen LogP contribution in [-0.4, -0.2) is 5.78 Å². The van der Waals surface area contributed by atoms with Gasteiger partial charge in [-0.2, -0.15) is 0 Å². The van der Waals surface area contributed by atoms with E-state index in [1.165, 1.54) is 11.1 Å². The predicted molar refractivity (Wildman–Crippen MR) is 54.9 cm³/mol. The molecule has 0 amide bonds. The molecule has 0 aliphatic carbocycles. The smallest absolute Gasteiger partial charge is 0.134 e. The zero-order valence-electron chi connectivity index (χ0n) is 8.55. The summed E-state index contributed by atoms with van der Waals surface area (Å²) >= 11 is 0. The van der Waals surface area contributed by atoms with Gasteiger partial charge < -0.3 is 0 Å². The van der Waals surface area contributed by atoms with E-state index in [4.69, 9.17) is 0 Å². The minimum absolute atomic E-state index is 0.229. The van der Waals surface area contributed by atoms with Crippen molar-refractivity contribution >= 4 is 5.78 Å². The van der Waals surface area contributed by atoms with Crippen LogP contribution in [0.2, 0.25) is 0 Å². The second-order valence-corrected chi connectivity index (χ2v) is 3.56. The van der Waals surface area contributed by atoms with Crippen molar-refractivity contribution < 1.29 is 4.79 Å². The van der Waals surface area contributed by atoms with Gasteiger partial charge in [-0.15, -0.1) is 0 Å². The second kappa shape index (κ2) is 4.22. The summed E-state index contributed by atoms with van der Waals surface area (Å²) in [6, 6.07) is 6.37. The molecule has 0 aliphatic heterocycles. The molecule has 0 atom stereocenters. The zero-order valence-corrected chi connectivity index (χ0v) is 8.55. The first-order valence-electron chi connectivity index (χ1n) is 4.70. The minimum Gasteiger partial charge on any atom is -0.300 e. The van der Waals surface area contributed by atoms with Gasteiger partial charge in [0.25, 0.3) is 0 Å². The highest BCUT2D eigenvalue weighted by atomic mass is 16.1. The Balaban J connectivity index is 2.94. The van der Waals surface area contributed by atoms with Crippen molar-refractivity contribution in [2.24, 2.45) is 0 Å². The molecule has 0 saturated heterocycles. The molecule has 1 nitrogen and oxygen atoms in total. The molecular weight excluding hydrogens is 160 g/mol. The van der Waals surface area contributed by atoms with Crippen molar-refractivity contribution in [1.29, 1.82) is 0 Å². The Kier molecular flexibility index (Phi) is 3.24. The van der Waals surface area contributed by atoms with Crippen LogP contribution in [0.5, 0.6) is 0 Å². The largest absolute Gasteiger partial charge is 0.300 e. The van der Waals surface area contributed by atoms with E-state index in [1.807, 2.05) is 0 Å². The van der Waals surface area contributed by atoms with Gasteiger partial charge in [-0.25, -0.2) is 0 Å². The lowest BCUT2D eigenvalue weighted by molar-refractivity contribution is -0.116. The molecule has 0 saturated carbocycles. The van der Waals surface area contributed by atoms with Crippen LogP contribution in [0.1, 0.15) is 30.5 Å². The highest BCUT2D eigenvalue weighted by Crippen LogP contribution is 2.11. The van der Waals surface area contributed by atoms with Crippen LogP contribution in [0.25, 0.3) is 0 Å². The van der Waals surface area contributed by atoms with Crippen LogP contribution in [0, 0.1) is 6.92 Å². The zero-order chi connectivity index (χ0) is 9.84. The Morgan fingerprint density at radius 1 is 1.23 bits per heavy atom. The molecule has 0 aromatic heterocycles. The summed E-state index contributed by atoms with van der Waals surface area (Å²) in [4.78, 5) is 10.9. The first-order valence-corrected chi connectivity index (χ1v) is 4.70. The molecule has 1 aromatic rings. The van der Waals surface area contributed by atoms with Crippen LogP contribution in [0.15, 0.2) is 18.2 Å². The summed E-state index contributed by atoms with van der Waals surface area (Å²) in [6.45, 7) is 5.84. The van der Waals surface area contributed by atoms with Gasteiger partial charge in [0.05, 0.1) is 0 Å². The Morgan fingerprint density at radius 3 is 2.38 bits per heavy atom. The molecular formula is C12H16O. The highest BCUT2D eigenvalue weighted by Gasteiger charge is 2.00. The average Bonchev–Trinajstić information content (AvgIpc) is 2.01. The topological polar surface area (TPSA) is 17.1 Å². The molecule has 70 valence electrons. The first kappa shape index (κ1) is 9.97. The van der Waals surface area contributed by atoms with E-state index in [0.717, 1.165) is 12.0 Å². The number of carbonyl (C=O) groups is 1. The summed E-state index contributed by atoms with van der Waals surface area (Å²) in [7, 11) is 0. The number of hydrogen-bond acceptors (Lipinski definition) is 1. The Morgan fingerprint density at radius 2 is 1.85 bits per heavy atom. The fraction of sp³-hybridized carbons (Fsp3) is 0.417. The van der Waals surface area contributed by atoms with Crippen molar-refractivity contribution in [1.82, 2.24) is 0 Å². The molecule has 1 heteroatoms. The second-order valence-electron chi connectivity index (χ2n) is 3.56. The molecule has 0 heterocycles. The Labute approximate surface area is 79.8 Å². The third-order valence-corrected chi connectivity index (χ3v) is 2.06. The van der Waals surface area contributed by atoms with E-state index in [1.54, 1.807) is 6.92 Å². The van der Waals surface area contributed by atoms with Crippen LogP contribution in [0.4, 0.5) is 0 Å². The molecule has 0 fully saturated rings. The third-order valence-electron chi connectivity index (χ3n) is 2.06. The molecule has 0 unspecified atom stereocenters. The lowest BCUT2D eigenvalue weighted by Crippen LogP contribution is -1.97. The maximum absolute atomic E-state index is 10.9. The molecule has 1 rings (SSSR count). The van der Waals surface area contributed by atoms with Crippen molar-refractivity contribution in [2.75, 3.05) is 0 Å². The SMILES string of the molecule is CCc1cc(C)cc(CC(C)=O)c1. The summed E-state index contributed by atoms with van der Waals surface area (Å²) in [6.07, 6.45) is 1.60. The summed E-state index contributed by atoms with van der Waals surface area (Å²) in [5, 5.41) is 0. The van der Waals surface area contributed by atoms with E-state index in [0.29, 0.717) is 6.42 Å². The number of rotatable bonds is 3. The molecule has 0 N–H and O–H groups in total. The maximum atomic E-state index is 10.9. The van der Waals surface area contributed by atoms with Gasteiger partial charge in [-0.1, -0.05) is 30.7 Å². The standard InChI is InChI=1S/C12H16O/c1-4-11-5-9(2)6-12(8-11)7-10(3)13/h5-6,8H,4,7H2,1-3H3. The Bertz CT molecular complexity index is 313. The van der Waals surface area contributed by atoms with Gasteiger partial charge in [0.2, 0.25) is 0 Å².